The zero-order valence-electron chi connectivity index (χ0n) is 13.9. The third-order valence-electron chi connectivity index (χ3n) is 4.33. The molecule has 0 spiro atoms. The molecule has 138 valence electrons. The second-order valence-electron chi connectivity index (χ2n) is 6.10. The van der Waals surface area contributed by atoms with E-state index in [1.165, 1.54) is 24.3 Å². The van der Waals surface area contributed by atoms with Crippen LogP contribution in [0.4, 0.5) is 4.39 Å². The quantitative estimate of drug-likeness (QED) is 0.793. The molecule has 3 rings (SSSR count). The predicted molar refractivity (Wildman–Crippen MR) is 99.8 cm³/mol. The van der Waals surface area contributed by atoms with E-state index < -0.39 is 15.8 Å². The minimum absolute atomic E-state index is 0.0414. The van der Waals surface area contributed by atoms with Crippen molar-refractivity contribution in [3.05, 3.63) is 64.4 Å². The molecule has 1 amide bonds. The van der Waals surface area contributed by atoms with E-state index in [1.807, 2.05) is 0 Å². The van der Waals surface area contributed by atoms with Crippen LogP contribution in [0.2, 0.25) is 0 Å². The first-order chi connectivity index (χ1) is 12.4. The van der Waals surface area contributed by atoms with Crippen LogP contribution in [-0.4, -0.2) is 38.4 Å². The average Bonchev–Trinajstić information content (AvgIpc) is 2.62. The summed E-state index contributed by atoms with van der Waals surface area (Å²) < 4.78 is 42.0. The van der Waals surface area contributed by atoms with Gasteiger partial charge in [-0.25, -0.2) is 17.5 Å². The second-order valence-corrected chi connectivity index (χ2v) is 8.63. The SMILES string of the molecule is O=C(c1ccccc1F)N1CCC(NS(=O)(=O)c2ccccc2Br)CC1. The van der Waals surface area contributed by atoms with Crippen LogP contribution in [0.1, 0.15) is 23.2 Å². The number of rotatable bonds is 4. The van der Waals surface area contributed by atoms with Gasteiger partial charge in [-0.1, -0.05) is 24.3 Å². The minimum atomic E-state index is -3.65. The normalized spacial score (nSPS) is 15.8. The summed E-state index contributed by atoms with van der Waals surface area (Å²) in [6.45, 7) is 0.743. The van der Waals surface area contributed by atoms with E-state index in [0.29, 0.717) is 30.4 Å². The van der Waals surface area contributed by atoms with Gasteiger partial charge < -0.3 is 4.90 Å². The van der Waals surface area contributed by atoms with Crippen LogP contribution in [0.15, 0.2) is 57.9 Å². The summed E-state index contributed by atoms with van der Waals surface area (Å²) in [6, 6.07) is 12.2. The smallest absolute Gasteiger partial charge is 0.256 e. The highest BCUT2D eigenvalue weighted by molar-refractivity contribution is 9.10. The third kappa shape index (κ3) is 4.13. The van der Waals surface area contributed by atoms with Crippen molar-refractivity contribution in [3.63, 3.8) is 0 Å². The molecule has 1 aliphatic rings. The molecule has 2 aromatic carbocycles. The van der Waals surface area contributed by atoms with E-state index in [9.17, 15) is 17.6 Å². The van der Waals surface area contributed by atoms with E-state index in [0.717, 1.165) is 0 Å². The number of carbonyl (C=O) groups excluding carboxylic acids is 1. The molecule has 0 aliphatic carbocycles. The van der Waals surface area contributed by atoms with Gasteiger partial charge in [0.25, 0.3) is 5.91 Å². The molecule has 1 heterocycles. The van der Waals surface area contributed by atoms with Crippen LogP contribution >= 0.6 is 15.9 Å². The molecule has 1 fully saturated rings. The molecule has 0 radical (unpaired) electrons. The Hall–Kier alpha value is -1.77. The number of nitrogens with zero attached hydrogens (tertiary/aromatic N) is 1. The lowest BCUT2D eigenvalue weighted by atomic mass is 10.0. The molecule has 1 N–H and O–H groups in total. The number of sulfonamides is 1. The number of hydrogen-bond acceptors (Lipinski definition) is 3. The van der Waals surface area contributed by atoms with Gasteiger partial charge in [-0.2, -0.15) is 0 Å². The van der Waals surface area contributed by atoms with Crippen molar-refractivity contribution in [3.8, 4) is 0 Å². The van der Waals surface area contributed by atoms with E-state index in [-0.39, 0.29) is 22.4 Å². The van der Waals surface area contributed by atoms with Gasteiger partial charge in [0.1, 0.15) is 5.82 Å². The molecule has 0 atom stereocenters. The van der Waals surface area contributed by atoms with Crippen molar-refractivity contribution >= 4 is 31.9 Å². The van der Waals surface area contributed by atoms with Gasteiger partial charge in [-0.15, -0.1) is 0 Å². The number of halogens is 2. The molecule has 1 saturated heterocycles. The van der Waals surface area contributed by atoms with Gasteiger partial charge in [0.05, 0.1) is 10.5 Å². The first-order valence-electron chi connectivity index (χ1n) is 8.19. The van der Waals surface area contributed by atoms with Crippen molar-refractivity contribution < 1.29 is 17.6 Å². The van der Waals surface area contributed by atoms with E-state index in [1.54, 1.807) is 29.2 Å². The monoisotopic (exact) mass is 440 g/mol. The van der Waals surface area contributed by atoms with Gasteiger partial charge >= 0.3 is 0 Å². The van der Waals surface area contributed by atoms with Crippen LogP contribution in [0, 0.1) is 5.82 Å². The number of piperidine rings is 1. The summed E-state index contributed by atoms with van der Waals surface area (Å²) >= 11 is 3.25. The Morgan fingerprint density at radius 3 is 2.35 bits per heavy atom. The highest BCUT2D eigenvalue weighted by Gasteiger charge is 2.28. The zero-order chi connectivity index (χ0) is 18.7. The van der Waals surface area contributed by atoms with Gasteiger partial charge in [0.2, 0.25) is 10.0 Å². The maximum absolute atomic E-state index is 13.8. The molecule has 1 aliphatic heterocycles. The first-order valence-corrected chi connectivity index (χ1v) is 10.5. The molecule has 0 bridgehead atoms. The Kier molecular flexibility index (Phi) is 5.74. The molecule has 5 nitrogen and oxygen atoms in total. The van der Waals surface area contributed by atoms with Gasteiger partial charge in [0.15, 0.2) is 0 Å². The predicted octanol–water partition coefficient (Wildman–Crippen LogP) is 3.17. The van der Waals surface area contributed by atoms with Crippen molar-refractivity contribution in [1.29, 1.82) is 0 Å². The molecular weight excluding hydrogens is 423 g/mol. The number of carbonyl (C=O) groups is 1. The lowest BCUT2D eigenvalue weighted by Gasteiger charge is -2.32. The number of benzene rings is 2. The molecule has 26 heavy (non-hydrogen) atoms. The molecule has 2 aromatic rings. The lowest BCUT2D eigenvalue weighted by Crippen LogP contribution is -2.46. The summed E-state index contributed by atoms with van der Waals surface area (Å²) in [4.78, 5) is 14.2. The molecule has 8 heteroatoms. The van der Waals surface area contributed by atoms with Crippen molar-refractivity contribution in [1.82, 2.24) is 9.62 Å². The molecule has 0 aromatic heterocycles. The maximum Gasteiger partial charge on any atom is 0.256 e. The standard InChI is InChI=1S/C18H18BrFN2O3S/c19-15-6-2-4-8-17(15)26(24,25)21-13-9-11-22(12-10-13)18(23)14-5-1-3-7-16(14)20/h1-8,13,21H,9-12H2. The fourth-order valence-corrected chi connectivity index (χ4v) is 5.26. The van der Waals surface area contributed by atoms with Gasteiger partial charge in [-0.3, -0.25) is 4.79 Å². The van der Waals surface area contributed by atoms with Crippen LogP contribution in [0.25, 0.3) is 0 Å². The van der Waals surface area contributed by atoms with Crippen LogP contribution < -0.4 is 4.72 Å². The van der Waals surface area contributed by atoms with Gasteiger partial charge in [-0.05, 0) is 53.0 Å². The molecular formula is C18H18BrFN2O3S. The average molecular weight is 441 g/mol. The summed E-state index contributed by atoms with van der Waals surface area (Å²) in [6.07, 6.45) is 0.952. The fourth-order valence-electron chi connectivity index (χ4n) is 2.95. The Labute approximate surface area is 160 Å². The number of likely N-dealkylation sites (tertiary alicyclic amines) is 1. The van der Waals surface area contributed by atoms with E-state index in [2.05, 4.69) is 20.7 Å². The Balaban J connectivity index is 1.63. The lowest BCUT2D eigenvalue weighted by molar-refractivity contribution is 0.0706. The fraction of sp³-hybridized carbons (Fsp3) is 0.278. The highest BCUT2D eigenvalue weighted by atomic mass is 79.9. The van der Waals surface area contributed by atoms with Crippen LogP contribution in [-0.2, 0) is 10.0 Å². The molecule has 0 saturated carbocycles. The van der Waals surface area contributed by atoms with Crippen molar-refractivity contribution in [2.75, 3.05) is 13.1 Å². The van der Waals surface area contributed by atoms with Crippen LogP contribution in [0.3, 0.4) is 0 Å². The largest absolute Gasteiger partial charge is 0.338 e. The van der Waals surface area contributed by atoms with E-state index in [4.69, 9.17) is 0 Å². The summed E-state index contributed by atoms with van der Waals surface area (Å²) in [7, 11) is -3.65. The van der Waals surface area contributed by atoms with Crippen molar-refractivity contribution in [2.24, 2.45) is 0 Å². The number of amides is 1. The van der Waals surface area contributed by atoms with Crippen LogP contribution in [0.5, 0.6) is 0 Å². The highest BCUT2D eigenvalue weighted by Crippen LogP contribution is 2.23. The first kappa shape index (κ1) is 19.0. The molecule has 0 unspecified atom stereocenters. The number of hydrogen-bond donors (Lipinski definition) is 1. The summed E-state index contributed by atoms with van der Waals surface area (Å²) in [5.41, 5.74) is 0.0414. The second kappa shape index (κ2) is 7.85. The summed E-state index contributed by atoms with van der Waals surface area (Å²) in [5, 5.41) is 0. The van der Waals surface area contributed by atoms with Gasteiger partial charge in [0, 0.05) is 23.6 Å². The Morgan fingerprint density at radius 2 is 1.69 bits per heavy atom. The number of nitrogens with one attached hydrogen (secondary N) is 1. The zero-order valence-corrected chi connectivity index (χ0v) is 16.3. The van der Waals surface area contributed by atoms with Crippen molar-refractivity contribution in [2.45, 2.75) is 23.8 Å². The maximum atomic E-state index is 13.8. The minimum Gasteiger partial charge on any atom is -0.338 e. The Bertz CT molecular complexity index is 912. The topological polar surface area (TPSA) is 66.5 Å². The summed E-state index contributed by atoms with van der Waals surface area (Å²) in [5.74, 6) is -0.913. The third-order valence-corrected chi connectivity index (χ3v) is 6.87. The van der Waals surface area contributed by atoms with E-state index >= 15 is 0 Å². The Morgan fingerprint density at radius 1 is 1.08 bits per heavy atom.